The van der Waals surface area contributed by atoms with Gasteiger partial charge < -0.3 is 125 Å². The van der Waals surface area contributed by atoms with Crippen LogP contribution >= 0.6 is 0 Å². The molecule has 0 spiro atoms. The third kappa shape index (κ3) is 12.0. The van der Waals surface area contributed by atoms with E-state index in [-0.39, 0.29) is 0 Å². The Hall–Kier alpha value is -1.98. The third-order valence-electron chi connectivity index (χ3n) is 10.7. The molecule has 0 aliphatic carbocycles. The van der Waals surface area contributed by atoms with Crippen LogP contribution in [0.3, 0.4) is 0 Å². The molecule has 4 aliphatic heterocycles. The molecule has 4 fully saturated rings. The predicted molar refractivity (Wildman–Crippen MR) is 191 cm³/mol. The van der Waals surface area contributed by atoms with Crippen molar-refractivity contribution in [2.24, 2.45) is 0 Å². The lowest BCUT2D eigenvalue weighted by molar-refractivity contribution is -0.373. The van der Waals surface area contributed by atoms with Crippen molar-refractivity contribution in [1.82, 2.24) is 10.6 Å². The van der Waals surface area contributed by atoms with Crippen LogP contribution in [0.25, 0.3) is 0 Å². The van der Waals surface area contributed by atoms with Crippen LogP contribution < -0.4 is 10.6 Å². The van der Waals surface area contributed by atoms with Crippen LogP contribution in [0, 0.1) is 0 Å². The molecule has 0 saturated carbocycles. The van der Waals surface area contributed by atoms with E-state index in [1.165, 1.54) is 6.92 Å². The summed E-state index contributed by atoms with van der Waals surface area (Å²) in [6.07, 6.45) is -39.8. The van der Waals surface area contributed by atoms with E-state index in [9.17, 15) is 86.2 Å². The second-order valence-electron chi connectivity index (χ2n) is 15.2. The minimum absolute atomic E-state index is 0.769. The quantitative estimate of drug-likeness (QED) is 0.0607. The number of carbonyl (C=O) groups is 2. The van der Waals surface area contributed by atoms with Gasteiger partial charge in [-0.3, -0.25) is 9.59 Å². The van der Waals surface area contributed by atoms with Gasteiger partial charge in [0.25, 0.3) is 0 Å². The summed E-state index contributed by atoms with van der Waals surface area (Å²) in [4.78, 5) is 24.4. The number of aliphatic hydroxyl groups is 15. The first kappa shape index (κ1) is 51.7. The number of carbonyl (C=O) groups excluding carboxylic acids is 2. The van der Waals surface area contributed by atoms with Gasteiger partial charge in [-0.15, -0.1) is 0 Å². The molecule has 27 heteroatoms. The van der Waals surface area contributed by atoms with Gasteiger partial charge in [0.1, 0.15) is 110 Å². The summed E-state index contributed by atoms with van der Waals surface area (Å²) in [7, 11) is 0. The number of hydrogen-bond donors (Lipinski definition) is 17. The van der Waals surface area contributed by atoms with Gasteiger partial charge >= 0.3 is 0 Å². The number of nitrogens with one attached hydrogen (secondary N) is 2. The van der Waals surface area contributed by atoms with Crippen molar-refractivity contribution < 1.29 is 124 Å². The summed E-state index contributed by atoms with van der Waals surface area (Å²) in [5, 5.41) is 162. The van der Waals surface area contributed by atoms with Gasteiger partial charge in [-0.25, -0.2) is 0 Å². The fourth-order valence-corrected chi connectivity index (χ4v) is 7.26. The van der Waals surface area contributed by atoms with Crippen LogP contribution in [0.4, 0.5) is 0 Å². The van der Waals surface area contributed by atoms with Gasteiger partial charge in [-0.2, -0.15) is 0 Å². The van der Waals surface area contributed by atoms with Gasteiger partial charge in [-0.05, 0) is 6.92 Å². The number of aliphatic hydroxyl groups excluding tert-OH is 15. The topological polar surface area (TPSA) is 435 Å². The van der Waals surface area contributed by atoms with Crippen LogP contribution in [0.5, 0.6) is 0 Å². The standard InChI is InChI=1S/C34H60N2O25/c1-9-18(44)23(49)26(52)32(55-9)61-30-25(51)21(47)15(6-39)57-34(30)59-28(12(4-37)35-10(2)41)19(45)13(43)8-54-31-17(36-11(3)42)22(48)29(16(7-40)58-31)60-33-27(53)24(50)20(46)14(5-38)56-33/h9,12-34,37-40,43-53H,4-8H2,1-3H3,(H,35,41)(H,36,42)/t9-,12-,13+,14+,15+,16+,17+,18+,19-,20-,21-,22+,23+,24-,25-,26-,27+,28+,29+,30+,31+,32-,33-,34-/m0/s1. The first-order chi connectivity index (χ1) is 28.7. The molecule has 61 heavy (non-hydrogen) atoms. The zero-order chi connectivity index (χ0) is 45.6. The minimum Gasteiger partial charge on any atom is -0.394 e. The highest BCUT2D eigenvalue weighted by Crippen LogP contribution is 2.33. The molecular weight excluding hydrogens is 836 g/mol. The van der Waals surface area contributed by atoms with E-state index in [0.29, 0.717) is 0 Å². The molecule has 0 unspecified atom stereocenters. The molecule has 0 bridgehead atoms. The Morgan fingerprint density at radius 1 is 0.590 bits per heavy atom. The maximum atomic E-state index is 12.2. The highest BCUT2D eigenvalue weighted by Gasteiger charge is 2.54. The van der Waals surface area contributed by atoms with Crippen LogP contribution in [-0.4, -0.2) is 269 Å². The van der Waals surface area contributed by atoms with Crippen molar-refractivity contribution in [3.8, 4) is 0 Å². The second-order valence-corrected chi connectivity index (χ2v) is 15.2. The highest BCUT2D eigenvalue weighted by atomic mass is 16.8. The fraction of sp³-hybridized carbons (Fsp3) is 0.941. The van der Waals surface area contributed by atoms with Gasteiger partial charge in [0.05, 0.1) is 45.2 Å². The summed E-state index contributed by atoms with van der Waals surface area (Å²) in [6, 6.07) is -3.22. The molecule has 27 nitrogen and oxygen atoms in total. The van der Waals surface area contributed by atoms with E-state index in [4.69, 9.17) is 37.9 Å². The molecule has 4 heterocycles. The smallest absolute Gasteiger partial charge is 0.217 e. The second kappa shape index (κ2) is 22.8. The number of rotatable bonds is 18. The van der Waals surface area contributed by atoms with Crippen LogP contribution in [-0.2, 0) is 47.5 Å². The van der Waals surface area contributed by atoms with Gasteiger partial charge in [0.2, 0.25) is 11.8 Å². The van der Waals surface area contributed by atoms with Crippen LogP contribution in [0.1, 0.15) is 20.8 Å². The van der Waals surface area contributed by atoms with Crippen molar-refractivity contribution in [2.75, 3.05) is 33.0 Å². The lowest BCUT2D eigenvalue weighted by atomic mass is 9.95. The average molecular weight is 897 g/mol. The average Bonchev–Trinajstić information content (AvgIpc) is 3.22. The molecule has 4 aliphatic rings. The summed E-state index contributed by atoms with van der Waals surface area (Å²) in [6.45, 7) is -1.26. The maximum absolute atomic E-state index is 12.2. The van der Waals surface area contributed by atoms with Crippen molar-refractivity contribution in [3.05, 3.63) is 0 Å². The molecular formula is C34H60N2O25. The Kier molecular flexibility index (Phi) is 19.3. The number of amides is 2. The number of hydrogen-bond acceptors (Lipinski definition) is 25. The molecule has 4 rings (SSSR count). The lowest BCUT2D eigenvalue weighted by Gasteiger charge is -2.47. The molecule has 356 valence electrons. The Balaban J connectivity index is 1.56. The zero-order valence-electron chi connectivity index (χ0n) is 33.2. The first-order valence-corrected chi connectivity index (χ1v) is 19.4. The van der Waals surface area contributed by atoms with E-state index in [0.717, 1.165) is 13.8 Å². The lowest BCUT2D eigenvalue weighted by Crippen LogP contribution is -2.68. The van der Waals surface area contributed by atoms with E-state index < -0.39 is 192 Å². The molecule has 0 aromatic rings. The zero-order valence-corrected chi connectivity index (χ0v) is 33.2. The highest BCUT2D eigenvalue weighted by molar-refractivity contribution is 5.73. The van der Waals surface area contributed by atoms with Crippen molar-refractivity contribution >= 4 is 11.8 Å². The largest absolute Gasteiger partial charge is 0.394 e. The SMILES string of the molecule is CC(=O)N[C@H]1[C@H](OC[C@@H](O)[C@H](O)[C@H](O[C@@H]2O[C@H](CO)[C@H](O)[C@H](O)[C@H]2O[C@@H]2O[C@@H](C)[C@@H](O)[C@@H](O)[C@@H]2O)[C@H](CO)NC(C)=O)O[C@H](CO)[C@@H](O[C@@H]2O[C@H](CO)[C@H](O)[C@H](O)[C@H]2O)[C@@H]1O. The third-order valence-corrected chi connectivity index (χ3v) is 10.7. The van der Waals surface area contributed by atoms with E-state index in [1.807, 2.05) is 0 Å². The monoisotopic (exact) mass is 896 g/mol. The van der Waals surface area contributed by atoms with Gasteiger partial charge in [0.15, 0.2) is 25.2 Å². The van der Waals surface area contributed by atoms with Crippen LogP contribution in [0.2, 0.25) is 0 Å². The van der Waals surface area contributed by atoms with E-state index >= 15 is 0 Å². The molecule has 24 atom stereocenters. The fourth-order valence-electron chi connectivity index (χ4n) is 7.26. The van der Waals surface area contributed by atoms with E-state index in [2.05, 4.69) is 10.6 Å². The number of ether oxygens (including phenoxy) is 8. The van der Waals surface area contributed by atoms with Gasteiger partial charge in [0, 0.05) is 13.8 Å². The Labute approximate surface area is 347 Å². The van der Waals surface area contributed by atoms with Crippen molar-refractivity contribution in [1.29, 1.82) is 0 Å². The summed E-state index contributed by atoms with van der Waals surface area (Å²) < 4.78 is 45.0. The molecule has 0 aromatic heterocycles. The molecule has 0 aromatic carbocycles. The van der Waals surface area contributed by atoms with Crippen molar-refractivity contribution in [2.45, 2.75) is 168 Å². The van der Waals surface area contributed by atoms with E-state index in [1.54, 1.807) is 0 Å². The van der Waals surface area contributed by atoms with Crippen LogP contribution in [0.15, 0.2) is 0 Å². The normalized spacial score (nSPS) is 44.1. The first-order valence-electron chi connectivity index (χ1n) is 19.4. The Morgan fingerprint density at radius 3 is 1.64 bits per heavy atom. The van der Waals surface area contributed by atoms with Crippen molar-refractivity contribution in [3.63, 3.8) is 0 Å². The predicted octanol–water partition coefficient (Wildman–Crippen LogP) is -11.0. The summed E-state index contributed by atoms with van der Waals surface area (Å²) in [5.74, 6) is -1.56. The summed E-state index contributed by atoms with van der Waals surface area (Å²) in [5.41, 5.74) is 0. The molecule has 17 N–H and O–H groups in total. The Morgan fingerprint density at radius 2 is 1.10 bits per heavy atom. The summed E-state index contributed by atoms with van der Waals surface area (Å²) >= 11 is 0. The molecule has 0 radical (unpaired) electrons. The Bertz CT molecular complexity index is 1370. The molecule has 4 saturated heterocycles. The minimum atomic E-state index is -2.23. The molecule has 2 amide bonds. The maximum Gasteiger partial charge on any atom is 0.217 e. The van der Waals surface area contributed by atoms with Gasteiger partial charge in [-0.1, -0.05) is 0 Å².